The van der Waals surface area contributed by atoms with Crippen molar-refractivity contribution in [1.29, 1.82) is 0 Å². The minimum Gasteiger partial charge on any atom is -0.457 e. The van der Waals surface area contributed by atoms with Crippen LogP contribution in [0.3, 0.4) is 0 Å². The van der Waals surface area contributed by atoms with Crippen LogP contribution in [-0.4, -0.2) is 13.4 Å². The summed E-state index contributed by atoms with van der Waals surface area (Å²) < 4.78 is 28.5. The third-order valence-electron chi connectivity index (χ3n) is 3.40. The van der Waals surface area contributed by atoms with Crippen molar-refractivity contribution in [3.8, 4) is 11.5 Å². The number of benzene rings is 2. The van der Waals surface area contributed by atoms with Gasteiger partial charge in [-0.15, -0.1) is 0 Å². The topological polar surface area (TPSA) is 94.3 Å². The average Bonchev–Trinajstić information content (AvgIpc) is 2.61. The van der Waals surface area contributed by atoms with Gasteiger partial charge in [0.25, 0.3) is 10.0 Å². The molecular weight excluding hydrogens is 338 g/mol. The monoisotopic (exact) mass is 355 g/mol. The number of nitrogens with one attached hydrogen (secondary N) is 1. The average molecular weight is 355 g/mol. The summed E-state index contributed by atoms with van der Waals surface area (Å²) in [6.07, 6.45) is 1.40. The molecule has 1 heterocycles. The molecular formula is C18H17N3O3S. The lowest BCUT2D eigenvalue weighted by molar-refractivity contribution is 0.482. The Morgan fingerprint density at radius 3 is 2.48 bits per heavy atom. The number of aromatic nitrogens is 1. The van der Waals surface area contributed by atoms with E-state index in [0.29, 0.717) is 12.2 Å². The Morgan fingerprint density at radius 2 is 1.72 bits per heavy atom. The zero-order valence-corrected chi connectivity index (χ0v) is 14.1. The number of primary sulfonamides is 1. The van der Waals surface area contributed by atoms with Gasteiger partial charge in [-0.2, -0.15) is 0 Å². The summed E-state index contributed by atoms with van der Waals surface area (Å²) >= 11 is 0. The van der Waals surface area contributed by atoms with Gasteiger partial charge in [-0.1, -0.05) is 30.3 Å². The number of sulfonamides is 1. The van der Waals surface area contributed by atoms with Crippen molar-refractivity contribution >= 4 is 15.7 Å². The van der Waals surface area contributed by atoms with Crippen molar-refractivity contribution in [2.24, 2.45) is 5.14 Å². The van der Waals surface area contributed by atoms with Gasteiger partial charge >= 0.3 is 0 Å². The standard InChI is InChI=1S/C18H17N3O3S/c19-25(22,23)18-12-15(9-10-20-18)21-13-14-5-4-8-17(11-14)24-16-6-2-1-3-7-16/h1-12H,13H2,(H,20,21)(H2,19,22,23). The number of rotatable bonds is 6. The third-order valence-corrected chi connectivity index (χ3v) is 4.21. The number of nitrogens with two attached hydrogens (primary N) is 1. The summed E-state index contributed by atoms with van der Waals surface area (Å²) in [7, 11) is -3.82. The van der Waals surface area contributed by atoms with E-state index < -0.39 is 10.0 Å². The minimum absolute atomic E-state index is 0.168. The molecule has 0 aliphatic rings. The van der Waals surface area contributed by atoms with E-state index in [1.165, 1.54) is 12.3 Å². The van der Waals surface area contributed by atoms with Gasteiger partial charge in [-0.05, 0) is 35.9 Å². The summed E-state index contributed by atoms with van der Waals surface area (Å²) in [6.45, 7) is 0.500. The van der Waals surface area contributed by atoms with E-state index in [0.717, 1.165) is 17.1 Å². The fraction of sp³-hybridized carbons (Fsp3) is 0.0556. The van der Waals surface area contributed by atoms with Crippen molar-refractivity contribution in [1.82, 2.24) is 4.98 Å². The minimum atomic E-state index is -3.82. The molecule has 3 N–H and O–H groups in total. The van der Waals surface area contributed by atoms with Crippen LogP contribution in [0.2, 0.25) is 0 Å². The van der Waals surface area contributed by atoms with Gasteiger partial charge in [-0.25, -0.2) is 18.5 Å². The molecule has 1 aromatic heterocycles. The van der Waals surface area contributed by atoms with Crippen LogP contribution in [0, 0.1) is 0 Å². The fourth-order valence-electron chi connectivity index (χ4n) is 2.22. The molecule has 0 fully saturated rings. The Labute approximate surface area is 146 Å². The Kier molecular flexibility index (Phi) is 4.97. The van der Waals surface area contributed by atoms with E-state index in [1.54, 1.807) is 6.07 Å². The highest BCUT2D eigenvalue weighted by Crippen LogP contribution is 2.22. The summed E-state index contributed by atoms with van der Waals surface area (Å²) in [5.74, 6) is 1.49. The number of hydrogen-bond acceptors (Lipinski definition) is 5. The second kappa shape index (κ2) is 7.33. The van der Waals surface area contributed by atoms with Crippen molar-refractivity contribution in [2.75, 3.05) is 5.32 Å². The van der Waals surface area contributed by atoms with E-state index in [9.17, 15) is 8.42 Å². The second-order valence-corrected chi connectivity index (χ2v) is 6.85. The first-order valence-electron chi connectivity index (χ1n) is 7.55. The van der Waals surface area contributed by atoms with Crippen LogP contribution < -0.4 is 15.2 Å². The van der Waals surface area contributed by atoms with Crippen molar-refractivity contribution in [2.45, 2.75) is 11.6 Å². The van der Waals surface area contributed by atoms with E-state index >= 15 is 0 Å². The van der Waals surface area contributed by atoms with E-state index in [-0.39, 0.29) is 5.03 Å². The van der Waals surface area contributed by atoms with Gasteiger partial charge < -0.3 is 10.1 Å². The lowest BCUT2D eigenvalue weighted by Crippen LogP contribution is -2.14. The van der Waals surface area contributed by atoms with Crippen LogP contribution >= 0.6 is 0 Å². The number of para-hydroxylation sites is 1. The molecule has 25 heavy (non-hydrogen) atoms. The predicted molar refractivity (Wildman–Crippen MR) is 95.9 cm³/mol. The van der Waals surface area contributed by atoms with Gasteiger partial charge in [0.05, 0.1) is 0 Å². The lowest BCUT2D eigenvalue weighted by atomic mass is 10.2. The number of ether oxygens (including phenoxy) is 1. The molecule has 0 amide bonds. The molecule has 6 nitrogen and oxygen atoms in total. The number of hydrogen-bond donors (Lipinski definition) is 2. The Morgan fingerprint density at radius 1 is 0.960 bits per heavy atom. The highest BCUT2D eigenvalue weighted by molar-refractivity contribution is 7.89. The predicted octanol–water partition coefficient (Wildman–Crippen LogP) is 3.13. The maximum absolute atomic E-state index is 11.3. The Bertz CT molecular complexity index is 960. The van der Waals surface area contributed by atoms with Gasteiger partial charge in [-0.3, -0.25) is 0 Å². The molecule has 128 valence electrons. The summed E-state index contributed by atoms with van der Waals surface area (Å²) in [5, 5.41) is 8.07. The summed E-state index contributed by atoms with van der Waals surface area (Å²) in [5.41, 5.74) is 1.61. The molecule has 0 atom stereocenters. The molecule has 0 aliphatic heterocycles. The first-order chi connectivity index (χ1) is 12.0. The third kappa shape index (κ3) is 4.79. The van der Waals surface area contributed by atoms with Crippen LogP contribution in [0.5, 0.6) is 11.5 Å². The highest BCUT2D eigenvalue weighted by atomic mass is 32.2. The van der Waals surface area contributed by atoms with Crippen LogP contribution in [0.4, 0.5) is 5.69 Å². The molecule has 0 radical (unpaired) electrons. The zero-order chi connectivity index (χ0) is 17.7. The summed E-state index contributed by atoms with van der Waals surface area (Å²) in [4.78, 5) is 3.75. The van der Waals surface area contributed by atoms with Gasteiger partial charge in [0.1, 0.15) is 11.5 Å². The van der Waals surface area contributed by atoms with E-state index in [4.69, 9.17) is 9.88 Å². The zero-order valence-electron chi connectivity index (χ0n) is 13.3. The molecule has 0 spiro atoms. The largest absolute Gasteiger partial charge is 0.457 e. The first-order valence-corrected chi connectivity index (χ1v) is 9.10. The molecule has 2 aromatic carbocycles. The normalized spacial score (nSPS) is 11.1. The smallest absolute Gasteiger partial charge is 0.255 e. The molecule has 3 rings (SSSR count). The van der Waals surface area contributed by atoms with Crippen LogP contribution in [0.1, 0.15) is 5.56 Å². The van der Waals surface area contributed by atoms with Crippen molar-refractivity contribution in [3.63, 3.8) is 0 Å². The van der Waals surface area contributed by atoms with Gasteiger partial charge in [0.2, 0.25) is 0 Å². The van der Waals surface area contributed by atoms with E-state index in [2.05, 4.69) is 10.3 Å². The van der Waals surface area contributed by atoms with Crippen LogP contribution in [0.25, 0.3) is 0 Å². The fourth-order valence-corrected chi connectivity index (χ4v) is 2.72. The quantitative estimate of drug-likeness (QED) is 0.708. The highest BCUT2D eigenvalue weighted by Gasteiger charge is 2.09. The molecule has 0 bridgehead atoms. The number of nitrogens with zero attached hydrogens (tertiary/aromatic N) is 1. The van der Waals surface area contributed by atoms with E-state index in [1.807, 2.05) is 54.6 Å². The number of anilines is 1. The Hall–Kier alpha value is -2.90. The molecule has 3 aromatic rings. The number of pyridine rings is 1. The Balaban J connectivity index is 1.69. The van der Waals surface area contributed by atoms with Crippen LogP contribution in [0.15, 0.2) is 78.0 Å². The van der Waals surface area contributed by atoms with Crippen molar-refractivity contribution < 1.29 is 13.2 Å². The van der Waals surface area contributed by atoms with Gasteiger partial charge in [0.15, 0.2) is 5.03 Å². The first kappa shape index (κ1) is 16.9. The maximum atomic E-state index is 11.3. The molecule has 0 saturated carbocycles. The second-order valence-electron chi connectivity index (χ2n) is 5.34. The summed E-state index contributed by atoms with van der Waals surface area (Å²) in [6, 6.07) is 20.2. The van der Waals surface area contributed by atoms with Crippen molar-refractivity contribution in [3.05, 3.63) is 78.5 Å². The lowest BCUT2D eigenvalue weighted by Gasteiger charge is -2.10. The SMILES string of the molecule is NS(=O)(=O)c1cc(NCc2cccc(Oc3ccccc3)c2)ccn1. The van der Waals surface area contributed by atoms with Crippen LogP contribution in [-0.2, 0) is 16.6 Å². The maximum Gasteiger partial charge on any atom is 0.255 e. The molecule has 0 unspecified atom stereocenters. The molecule has 0 aliphatic carbocycles. The van der Waals surface area contributed by atoms with Gasteiger partial charge in [0, 0.05) is 24.5 Å². The molecule has 7 heteroatoms. The molecule has 0 saturated heterocycles.